The molecule has 0 aliphatic carbocycles. The summed E-state index contributed by atoms with van der Waals surface area (Å²) in [6, 6.07) is 5.50. The number of hydrogen-bond acceptors (Lipinski definition) is 3. The van der Waals surface area contributed by atoms with Crippen molar-refractivity contribution < 1.29 is 9.84 Å². The molecule has 108 valence electrons. The first-order valence-electron chi connectivity index (χ1n) is 6.85. The molecule has 0 aliphatic heterocycles. The van der Waals surface area contributed by atoms with Crippen molar-refractivity contribution in [3.8, 4) is 5.75 Å². The van der Waals surface area contributed by atoms with Crippen LogP contribution in [0.2, 0.25) is 5.02 Å². The molecular formula is C15H24ClNO2. The first-order chi connectivity index (χ1) is 8.99. The second-order valence-corrected chi connectivity index (χ2v) is 5.23. The summed E-state index contributed by atoms with van der Waals surface area (Å²) in [5.41, 5.74) is 0.758. The minimum absolute atomic E-state index is 0.0271. The Hall–Kier alpha value is -0.770. The Labute approximate surface area is 121 Å². The second kappa shape index (κ2) is 7.73. The molecule has 1 aromatic rings. The van der Waals surface area contributed by atoms with E-state index in [2.05, 4.69) is 18.7 Å². The van der Waals surface area contributed by atoms with Gasteiger partial charge in [-0.15, -0.1) is 0 Å². The number of nitrogens with zero attached hydrogens (tertiary/aromatic N) is 1. The van der Waals surface area contributed by atoms with E-state index in [4.69, 9.17) is 16.3 Å². The summed E-state index contributed by atoms with van der Waals surface area (Å²) in [6.07, 6.45) is -0.563. The molecule has 0 heterocycles. The van der Waals surface area contributed by atoms with E-state index < -0.39 is 6.10 Å². The zero-order valence-corrected chi connectivity index (χ0v) is 12.9. The lowest BCUT2D eigenvalue weighted by molar-refractivity contribution is 0.113. The molecule has 1 rings (SSSR count). The van der Waals surface area contributed by atoms with Crippen molar-refractivity contribution in [3.63, 3.8) is 0 Å². The number of aliphatic hydroxyl groups excluding tert-OH is 1. The van der Waals surface area contributed by atoms with Crippen molar-refractivity contribution in [2.45, 2.75) is 39.9 Å². The molecule has 0 bridgehead atoms. The van der Waals surface area contributed by atoms with Crippen LogP contribution in [0.1, 0.15) is 39.4 Å². The molecule has 1 atom stereocenters. The van der Waals surface area contributed by atoms with E-state index in [0.717, 1.165) is 18.7 Å². The van der Waals surface area contributed by atoms with Crippen molar-refractivity contribution in [2.75, 3.05) is 19.6 Å². The Bertz CT molecular complexity index is 392. The van der Waals surface area contributed by atoms with Gasteiger partial charge in [0.1, 0.15) is 5.75 Å². The number of halogens is 1. The van der Waals surface area contributed by atoms with E-state index in [0.29, 0.717) is 17.3 Å². The molecule has 19 heavy (non-hydrogen) atoms. The number of para-hydroxylation sites is 1. The minimum atomic E-state index is -0.590. The molecule has 1 N–H and O–H groups in total. The van der Waals surface area contributed by atoms with Crippen LogP contribution in [0, 0.1) is 0 Å². The fourth-order valence-corrected chi connectivity index (χ4v) is 2.20. The van der Waals surface area contributed by atoms with E-state index in [1.165, 1.54) is 0 Å². The van der Waals surface area contributed by atoms with Gasteiger partial charge in [-0.1, -0.05) is 37.6 Å². The first kappa shape index (κ1) is 16.3. The van der Waals surface area contributed by atoms with Crippen LogP contribution in [0.25, 0.3) is 0 Å². The van der Waals surface area contributed by atoms with Gasteiger partial charge in [0.05, 0.1) is 17.2 Å². The molecule has 4 heteroatoms. The monoisotopic (exact) mass is 285 g/mol. The molecular weight excluding hydrogens is 262 g/mol. The zero-order chi connectivity index (χ0) is 14.4. The first-order valence-corrected chi connectivity index (χ1v) is 7.22. The summed E-state index contributed by atoms with van der Waals surface area (Å²) >= 11 is 6.17. The number of likely N-dealkylation sites (N-methyl/N-ethyl adjacent to an activating group) is 1. The van der Waals surface area contributed by atoms with E-state index >= 15 is 0 Å². The maximum absolute atomic E-state index is 10.4. The Kier molecular flexibility index (Phi) is 6.63. The number of benzene rings is 1. The van der Waals surface area contributed by atoms with Crippen molar-refractivity contribution >= 4 is 11.6 Å². The van der Waals surface area contributed by atoms with Gasteiger partial charge in [0.2, 0.25) is 0 Å². The number of ether oxygens (including phenoxy) is 1. The molecule has 0 spiro atoms. The van der Waals surface area contributed by atoms with E-state index in [1.54, 1.807) is 6.07 Å². The highest BCUT2D eigenvalue weighted by molar-refractivity contribution is 6.32. The Balaban J connectivity index is 2.95. The van der Waals surface area contributed by atoms with Gasteiger partial charge in [0.25, 0.3) is 0 Å². The average Bonchev–Trinajstić information content (AvgIpc) is 2.37. The third kappa shape index (κ3) is 4.68. The molecule has 0 aliphatic rings. The lowest BCUT2D eigenvalue weighted by Gasteiger charge is -2.24. The van der Waals surface area contributed by atoms with Gasteiger partial charge in [0.15, 0.2) is 0 Å². The molecule has 0 amide bonds. The Morgan fingerprint density at radius 2 is 1.89 bits per heavy atom. The van der Waals surface area contributed by atoms with E-state index in [1.807, 2.05) is 26.0 Å². The Morgan fingerprint density at radius 3 is 2.42 bits per heavy atom. The van der Waals surface area contributed by atoms with Crippen molar-refractivity contribution in [1.29, 1.82) is 0 Å². The maximum Gasteiger partial charge on any atom is 0.144 e. The second-order valence-electron chi connectivity index (χ2n) is 4.83. The van der Waals surface area contributed by atoms with Crippen LogP contribution in [0.4, 0.5) is 0 Å². The van der Waals surface area contributed by atoms with Gasteiger partial charge in [-0.2, -0.15) is 0 Å². The third-order valence-electron chi connectivity index (χ3n) is 3.04. The molecule has 1 aromatic carbocycles. The highest BCUT2D eigenvalue weighted by Gasteiger charge is 2.18. The maximum atomic E-state index is 10.4. The Morgan fingerprint density at radius 1 is 1.26 bits per heavy atom. The molecule has 3 nitrogen and oxygen atoms in total. The van der Waals surface area contributed by atoms with Gasteiger partial charge < -0.3 is 14.7 Å². The quantitative estimate of drug-likeness (QED) is 0.832. The van der Waals surface area contributed by atoms with Gasteiger partial charge in [-0.05, 0) is 33.0 Å². The third-order valence-corrected chi connectivity index (χ3v) is 3.33. The number of aliphatic hydroxyl groups is 1. The summed E-state index contributed by atoms with van der Waals surface area (Å²) in [7, 11) is 0. The summed E-state index contributed by atoms with van der Waals surface area (Å²) in [5, 5.41) is 10.9. The topological polar surface area (TPSA) is 32.7 Å². The fraction of sp³-hybridized carbons (Fsp3) is 0.600. The van der Waals surface area contributed by atoms with Crippen LogP contribution in [-0.2, 0) is 0 Å². The predicted octanol–water partition coefficient (Wildman–Crippen LogP) is 3.50. The average molecular weight is 286 g/mol. The number of rotatable bonds is 7. The van der Waals surface area contributed by atoms with Crippen molar-refractivity contribution in [3.05, 3.63) is 28.8 Å². The van der Waals surface area contributed by atoms with Gasteiger partial charge >= 0.3 is 0 Å². The molecule has 0 fully saturated rings. The van der Waals surface area contributed by atoms with Crippen molar-refractivity contribution in [1.82, 2.24) is 4.90 Å². The molecule has 1 unspecified atom stereocenters. The standard InChI is InChI=1S/C15H24ClNO2/c1-5-17(6-2)10-14(18)12-8-7-9-13(16)15(12)19-11(3)4/h7-9,11,14,18H,5-6,10H2,1-4H3. The smallest absolute Gasteiger partial charge is 0.144 e. The summed E-state index contributed by atoms with van der Waals surface area (Å²) in [5.74, 6) is 0.596. The SMILES string of the molecule is CCN(CC)CC(O)c1cccc(Cl)c1OC(C)C. The van der Waals surface area contributed by atoms with E-state index in [9.17, 15) is 5.11 Å². The normalized spacial score (nSPS) is 13.1. The molecule has 0 saturated heterocycles. The van der Waals surface area contributed by atoms with Crippen LogP contribution in [0.5, 0.6) is 5.75 Å². The van der Waals surface area contributed by atoms with Gasteiger partial charge in [0, 0.05) is 12.1 Å². The van der Waals surface area contributed by atoms with Crippen LogP contribution in [0.3, 0.4) is 0 Å². The highest BCUT2D eigenvalue weighted by atomic mass is 35.5. The zero-order valence-electron chi connectivity index (χ0n) is 12.2. The fourth-order valence-electron chi connectivity index (χ4n) is 1.97. The predicted molar refractivity (Wildman–Crippen MR) is 80.0 cm³/mol. The number of hydrogen-bond donors (Lipinski definition) is 1. The van der Waals surface area contributed by atoms with Crippen molar-refractivity contribution in [2.24, 2.45) is 0 Å². The van der Waals surface area contributed by atoms with Gasteiger partial charge in [-0.25, -0.2) is 0 Å². The molecule has 0 radical (unpaired) electrons. The summed E-state index contributed by atoms with van der Waals surface area (Å²) in [6.45, 7) is 10.5. The molecule has 0 saturated carbocycles. The van der Waals surface area contributed by atoms with Crippen LogP contribution in [0.15, 0.2) is 18.2 Å². The van der Waals surface area contributed by atoms with Gasteiger partial charge in [-0.3, -0.25) is 0 Å². The largest absolute Gasteiger partial charge is 0.489 e. The summed E-state index contributed by atoms with van der Waals surface area (Å²) < 4.78 is 5.74. The minimum Gasteiger partial charge on any atom is -0.489 e. The molecule has 0 aromatic heterocycles. The van der Waals surface area contributed by atoms with Crippen LogP contribution >= 0.6 is 11.6 Å². The van der Waals surface area contributed by atoms with E-state index in [-0.39, 0.29) is 6.10 Å². The lowest BCUT2D eigenvalue weighted by Crippen LogP contribution is -2.28. The van der Waals surface area contributed by atoms with Crippen LogP contribution < -0.4 is 4.74 Å². The van der Waals surface area contributed by atoms with Crippen LogP contribution in [-0.4, -0.2) is 35.7 Å². The lowest BCUT2D eigenvalue weighted by atomic mass is 10.1. The highest BCUT2D eigenvalue weighted by Crippen LogP contribution is 2.33. The summed E-state index contributed by atoms with van der Waals surface area (Å²) in [4.78, 5) is 2.17.